The van der Waals surface area contributed by atoms with Gasteiger partial charge in [0.05, 0.1) is 5.92 Å². The molecule has 2 fully saturated rings. The van der Waals surface area contributed by atoms with Crippen LogP contribution in [0.4, 0.5) is 0 Å². The first kappa shape index (κ1) is 14.1. The number of amides is 2. The Morgan fingerprint density at radius 1 is 1.19 bits per heavy atom. The van der Waals surface area contributed by atoms with Crippen molar-refractivity contribution in [1.82, 2.24) is 15.5 Å². The molecule has 1 aromatic carbocycles. The number of piperazine rings is 1. The largest absolute Gasteiger partial charge is 0.352 e. The van der Waals surface area contributed by atoms with Crippen LogP contribution in [-0.4, -0.2) is 42.9 Å². The number of benzene rings is 1. The van der Waals surface area contributed by atoms with Gasteiger partial charge in [-0.1, -0.05) is 30.3 Å². The summed E-state index contributed by atoms with van der Waals surface area (Å²) in [7, 11) is 0. The van der Waals surface area contributed by atoms with Gasteiger partial charge in [-0.15, -0.1) is 0 Å². The number of nitrogens with one attached hydrogen (secondary N) is 2. The van der Waals surface area contributed by atoms with Crippen molar-refractivity contribution >= 4 is 11.8 Å². The minimum atomic E-state index is -0.491. The van der Waals surface area contributed by atoms with Gasteiger partial charge in [-0.25, -0.2) is 0 Å². The summed E-state index contributed by atoms with van der Waals surface area (Å²) in [6.07, 6.45) is 1.93. The minimum Gasteiger partial charge on any atom is -0.352 e. The van der Waals surface area contributed by atoms with Gasteiger partial charge in [0.2, 0.25) is 11.8 Å². The highest BCUT2D eigenvalue weighted by atomic mass is 16.2. The van der Waals surface area contributed by atoms with Crippen molar-refractivity contribution in [2.75, 3.05) is 26.2 Å². The molecule has 21 heavy (non-hydrogen) atoms. The van der Waals surface area contributed by atoms with Gasteiger partial charge in [0.25, 0.3) is 0 Å². The van der Waals surface area contributed by atoms with Crippen molar-refractivity contribution in [3.8, 4) is 0 Å². The third-order valence-electron chi connectivity index (χ3n) is 4.26. The van der Waals surface area contributed by atoms with Crippen molar-refractivity contribution < 1.29 is 9.59 Å². The van der Waals surface area contributed by atoms with Crippen molar-refractivity contribution in [1.29, 1.82) is 0 Å². The van der Waals surface area contributed by atoms with E-state index in [-0.39, 0.29) is 17.7 Å². The lowest BCUT2D eigenvalue weighted by Gasteiger charge is -2.38. The molecule has 2 amide bonds. The van der Waals surface area contributed by atoms with Crippen LogP contribution >= 0.6 is 0 Å². The molecule has 0 spiro atoms. The molecular weight excluding hydrogens is 266 g/mol. The van der Waals surface area contributed by atoms with Crippen LogP contribution in [0.5, 0.6) is 0 Å². The van der Waals surface area contributed by atoms with Crippen LogP contribution in [-0.2, 0) is 9.59 Å². The Labute approximate surface area is 124 Å². The quantitative estimate of drug-likeness (QED) is 0.841. The third-order valence-corrected chi connectivity index (χ3v) is 4.26. The summed E-state index contributed by atoms with van der Waals surface area (Å²) < 4.78 is 0. The molecule has 2 N–H and O–H groups in total. The van der Waals surface area contributed by atoms with Crippen LogP contribution in [0.25, 0.3) is 0 Å². The van der Waals surface area contributed by atoms with E-state index in [1.54, 1.807) is 4.90 Å². The number of hydrogen-bond donors (Lipinski definition) is 2. The Morgan fingerprint density at radius 2 is 2.00 bits per heavy atom. The first-order chi connectivity index (χ1) is 10.3. The maximum Gasteiger partial charge on any atom is 0.247 e. The highest BCUT2D eigenvalue weighted by molar-refractivity contribution is 5.90. The van der Waals surface area contributed by atoms with Crippen LogP contribution in [0.2, 0.25) is 0 Å². The summed E-state index contributed by atoms with van der Waals surface area (Å²) in [5.74, 6) is 0.0198. The monoisotopic (exact) mass is 287 g/mol. The van der Waals surface area contributed by atoms with E-state index in [0.29, 0.717) is 13.1 Å². The zero-order valence-corrected chi connectivity index (χ0v) is 12.0. The van der Waals surface area contributed by atoms with Gasteiger partial charge in [-0.2, -0.15) is 0 Å². The number of hydrogen-bond acceptors (Lipinski definition) is 3. The molecule has 2 unspecified atom stereocenters. The van der Waals surface area contributed by atoms with E-state index >= 15 is 0 Å². The molecule has 112 valence electrons. The van der Waals surface area contributed by atoms with Crippen molar-refractivity contribution in [3.63, 3.8) is 0 Å². The van der Waals surface area contributed by atoms with Gasteiger partial charge in [0.15, 0.2) is 0 Å². The van der Waals surface area contributed by atoms with Gasteiger partial charge in [-0.3, -0.25) is 9.59 Å². The SMILES string of the molecule is O=C1NCCN(C(=O)C2CCCNC2)C1c1ccccc1. The van der Waals surface area contributed by atoms with E-state index in [1.165, 1.54) is 0 Å². The first-order valence-corrected chi connectivity index (χ1v) is 7.61. The van der Waals surface area contributed by atoms with Gasteiger partial charge in [-0.05, 0) is 24.9 Å². The fourth-order valence-corrected chi connectivity index (χ4v) is 3.17. The Morgan fingerprint density at radius 3 is 2.71 bits per heavy atom. The second-order valence-corrected chi connectivity index (χ2v) is 5.68. The highest BCUT2D eigenvalue weighted by Crippen LogP contribution is 2.26. The lowest BCUT2D eigenvalue weighted by atomic mass is 9.95. The van der Waals surface area contributed by atoms with E-state index in [9.17, 15) is 9.59 Å². The predicted octanol–water partition coefficient (Wildman–Crippen LogP) is 0.686. The Kier molecular flexibility index (Phi) is 4.20. The van der Waals surface area contributed by atoms with Gasteiger partial charge < -0.3 is 15.5 Å². The molecule has 0 aromatic heterocycles. The second-order valence-electron chi connectivity index (χ2n) is 5.68. The number of carbonyl (C=O) groups is 2. The molecule has 1 aromatic rings. The lowest BCUT2D eigenvalue weighted by Crippen LogP contribution is -2.54. The van der Waals surface area contributed by atoms with E-state index in [1.807, 2.05) is 30.3 Å². The topological polar surface area (TPSA) is 61.4 Å². The molecule has 0 aliphatic carbocycles. The van der Waals surface area contributed by atoms with E-state index < -0.39 is 6.04 Å². The molecule has 2 aliphatic heterocycles. The van der Waals surface area contributed by atoms with Crippen LogP contribution in [0.3, 0.4) is 0 Å². The fourth-order valence-electron chi connectivity index (χ4n) is 3.17. The predicted molar refractivity (Wildman–Crippen MR) is 79.5 cm³/mol. The van der Waals surface area contributed by atoms with Crippen LogP contribution in [0.15, 0.2) is 30.3 Å². The molecule has 2 aliphatic rings. The van der Waals surface area contributed by atoms with Crippen molar-refractivity contribution in [2.45, 2.75) is 18.9 Å². The molecule has 5 heteroatoms. The summed E-state index contributed by atoms with van der Waals surface area (Å²) in [5, 5.41) is 6.14. The number of nitrogens with zero attached hydrogens (tertiary/aromatic N) is 1. The molecule has 0 bridgehead atoms. The summed E-state index contributed by atoms with van der Waals surface area (Å²) in [4.78, 5) is 26.8. The molecule has 2 heterocycles. The maximum absolute atomic E-state index is 12.8. The molecule has 5 nitrogen and oxygen atoms in total. The summed E-state index contributed by atoms with van der Waals surface area (Å²) in [5.41, 5.74) is 0.881. The summed E-state index contributed by atoms with van der Waals surface area (Å²) in [6, 6.07) is 9.06. The maximum atomic E-state index is 12.8. The van der Waals surface area contributed by atoms with E-state index in [0.717, 1.165) is 31.5 Å². The highest BCUT2D eigenvalue weighted by Gasteiger charge is 2.37. The second kappa shape index (κ2) is 6.26. The lowest BCUT2D eigenvalue weighted by molar-refractivity contribution is -0.147. The molecule has 2 atom stereocenters. The van der Waals surface area contributed by atoms with Crippen LogP contribution in [0.1, 0.15) is 24.4 Å². The number of piperidine rings is 1. The molecule has 0 radical (unpaired) electrons. The van der Waals surface area contributed by atoms with E-state index in [4.69, 9.17) is 0 Å². The van der Waals surface area contributed by atoms with Gasteiger partial charge >= 0.3 is 0 Å². The molecule has 3 rings (SSSR count). The molecular formula is C16H21N3O2. The Hall–Kier alpha value is -1.88. The molecule has 0 saturated carbocycles. The average molecular weight is 287 g/mol. The third kappa shape index (κ3) is 2.93. The normalized spacial score (nSPS) is 26.3. The van der Waals surface area contributed by atoms with E-state index in [2.05, 4.69) is 10.6 Å². The van der Waals surface area contributed by atoms with Crippen molar-refractivity contribution in [3.05, 3.63) is 35.9 Å². The minimum absolute atomic E-state index is 0.00383. The zero-order chi connectivity index (χ0) is 14.7. The standard InChI is InChI=1S/C16H21N3O2/c20-15-14(12-5-2-1-3-6-12)19(10-9-18-15)16(21)13-7-4-8-17-11-13/h1-3,5-6,13-14,17H,4,7-11H2,(H,18,20). The summed E-state index contributed by atoms with van der Waals surface area (Å²) in [6.45, 7) is 2.82. The smallest absolute Gasteiger partial charge is 0.247 e. The summed E-state index contributed by atoms with van der Waals surface area (Å²) >= 11 is 0. The fraction of sp³-hybridized carbons (Fsp3) is 0.500. The van der Waals surface area contributed by atoms with Crippen LogP contribution in [0, 0.1) is 5.92 Å². The average Bonchev–Trinajstić information content (AvgIpc) is 2.55. The number of rotatable bonds is 2. The van der Waals surface area contributed by atoms with Gasteiger partial charge in [0.1, 0.15) is 6.04 Å². The Bertz CT molecular complexity index is 512. The van der Waals surface area contributed by atoms with Crippen molar-refractivity contribution in [2.24, 2.45) is 5.92 Å². The Balaban J connectivity index is 1.83. The molecule has 2 saturated heterocycles. The first-order valence-electron chi connectivity index (χ1n) is 7.61. The number of carbonyl (C=O) groups excluding carboxylic acids is 2. The van der Waals surface area contributed by atoms with Gasteiger partial charge in [0, 0.05) is 19.6 Å². The van der Waals surface area contributed by atoms with Crippen LogP contribution < -0.4 is 10.6 Å². The zero-order valence-electron chi connectivity index (χ0n) is 12.0.